The molecule has 0 aromatic carbocycles. The van der Waals surface area contributed by atoms with E-state index in [4.69, 9.17) is 10.5 Å². The van der Waals surface area contributed by atoms with E-state index in [2.05, 4.69) is 16.3 Å². The number of hydrogen-bond acceptors (Lipinski definition) is 4. The zero-order valence-electron chi connectivity index (χ0n) is 8.70. The van der Waals surface area contributed by atoms with Gasteiger partial charge >= 0.3 is 6.09 Å². The van der Waals surface area contributed by atoms with Crippen molar-refractivity contribution in [1.29, 1.82) is 0 Å². The van der Waals surface area contributed by atoms with E-state index < -0.39 is 17.8 Å². The Kier molecular flexibility index (Phi) is 3.82. The highest BCUT2D eigenvalue weighted by Gasteiger charge is 2.15. The highest BCUT2D eigenvalue weighted by atomic mass is 19.1. The zero-order chi connectivity index (χ0) is 12.1. The fraction of sp³-hybridized carbons (Fsp3) is 0.200. The van der Waals surface area contributed by atoms with Crippen LogP contribution < -0.4 is 10.5 Å². The van der Waals surface area contributed by atoms with Crippen molar-refractivity contribution in [2.75, 3.05) is 6.61 Å². The van der Waals surface area contributed by atoms with Crippen LogP contribution in [-0.2, 0) is 4.74 Å². The number of nitrogens with zero attached hydrogens (tertiary/aromatic N) is 1. The van der Waals surface area contributed by atoms with E-state index in [1.54, 1.807) is 6.92 Å². The summed E-state index contributed by atoms with van der Waals surface area (Å²) in [5, 5.41) is 0. The first-order valence-corrected chi connectivity index (χ1v) is 4.50. The molecule has 0 unspecified atom stereocenters. The highest BCUT2D eigenvalue weighted by Crippen LogP contribution is 2.23. The molecular formula is C10H11FN2O3. The van der Waals surface area contributed by atoms with Crippen molar-refractivity contribution in [1.82, 2.24) is 4.98 Å². The van der Waals surface area contributed by atoms with Gasteiger partial charge in [-0.3, -0.25) is 0 Å². The van der Waals surface area contributed by atoms with Crippen LogP contribution in [0.3, 0.4) is 0 Å². The summed E-state index contributed by atoms with van der Waals surface area (Å²) in [7, 11) is 0. The van der Waals surface area contributed by atoms with Gasteiger partial charge in [0, 0.05) is 6.20 Å². The summed E-state index contributed by atoms with van der Waals surface area (Å²) in [5.74, 6) is -1.19. The van der Waals surface area contributed by atoms with Gasteiger partial charge in [0.25, 0.3) is 5.88 Å². The minimum atomic E-state index is -1.13. The molecule has 0 fully saturated rings. The Labute approximate surface area is 91.7 Å². The number of amides is 1. The summed E-state index contributed by atoms with van der Waals surface area (Å²) in [4.78, 5) is 14.0. The average molecular weight is 226 g/mol. The molecule has 0 saturated carbocycles. The van der Waals surface area contributed by atoms with Crippen molar-refractivity contribution in [2.24, 2.45) is 5.73 Å². The minimum Gasteiger partial charge on any atom is -0.494 e. The Morgan fingerprint density at radius 1 is 1.69 bits per heavy atom. The number of primary amides is 1. The lowest BCUT2D eigenvalue weighted by Crippen LogP contribution is -2.18. The number of aromatic nitrogens is 1. The van der Waals surface area contributed by atoms with E-state index in [9.17, 15) is 9.18 Å². The Morgan fingerprint density at radius 2 is 2.38 bits per heavy atom. The van der Waals surface area contributed by atoms with Crippen LogP contribution in [0.4, 0.5) is 9.18 Å². The fourth-order valence-electron chi connectivity index (χ4n) is 1.06. The van der Waals surface area contributed by atoms with E-state index in [1.807, 2.05) is 0 Å². The first-order chi connectivity index (χ1) is 7.56. The molecule has 0 radical (unpaired) electrons. The van der Waals surface area contributed by atoms with E-state index in [0.717, 1.165) is 0 Å². The van der Waals surface area contributed by atoms with Crippen LogP contribution in [0.15, 0.2) is 18.8 Å². The van der Waals surface area contributed by atoms with Crippen LogP contribution in [0.5, 0.6) is 5.88 Å². The van der Waals surface area contributed by atoms with Crippen molar-refractivity contribution in [3.63, 3.8) is 0 Å². The molecule has 1 rings (SSSR count). The van der Waals surface area contributed by atoms with E-state index in [-0.39, 0.29) is 11.3 Å². The number of halogens is 1. The molecule has 0 spiro atoms. The third kappa shape index (κ3) is 2.69. The van der Waals surface area contributed by atoms with Crippen molar-refractivity contribution in [3.8, 4) is 5.88 Å². The molecule has 1 aromatic heterocycles. The van der Waals surface area contributed by atoms with Gasteiger partial charge in [0.05, 0.1) is 12.2 Å². The van der Waals surface area contributed by atoms with E-state index >= 15 is 0 Å². The van der Waals surface area contributed by atoms with Gasteiger partial charge in [-0.15, -0.1) is 0 Å². The Morgan fingerprint density at radius 3 is 2.94 bits per heavy atom. The van der Waals surface area contributed by atoms with Crippen LogP contribution in [0.25, 0.3) is 5.76 Å². The van der Waals surface area contributed by atoms with Gasteiger partial charge in [-0.25, -0.2) is 14.2 Å². The molecule has 0 saturated heterocycles. The predicted molar refractivity (Wildman–Crippen MR) is 55.1 cm³/mol. The third-order valence-corrected chi connectivity index (χ3v) is 1.67. The summed E-state index contributed by atoms with van der Waals surface area (Å²) in [6.45, 7) is 5.63. The molecule has 6 heteroatoms. The topological polar surface area (TPSA) is 74.4 Å². The molecule has 5 nitrogen and oxygen atoms in total. The van der Waals surface area contributed by atoms with Gasteiger partial charge in [-0.05, 0) is 13.0 Å². The smallest absolute Gasteiger partial charge is 0.411 e. The molecule has 0 aliphatic rings. The molecule has 0 aliphatic heterocycles. The normalized spacial score (nSPS) is 9.62. The highest BCUT2D eigenvalue weighted by molar-refractivity contribution is 5.68. The summed E-state index contributed by atoms with van der Waals surface area (Å²) in [6, 6.07) is 1.36. The molecule has 2 N–H and O–H groups in total. The standard InChI is InChI=1S/C10H11FN2O3/c1-3-15-6(2)7-4-5-13-9(8(7)11)16-10(12)14/h4-5H,2-3H2,1H3,(H2,12,14). The minimum absolute atomic E-state index is 0.0769. The maximum absolute atomic E-state index is 13.7. The first kappa shape index (κ1) is 12.0. The fourth-order valence-corrected chi connectivity index (χ4v) is 1.06. The number of nitrogens with two attached hydrogens (primary N) is 1. The van der Waals surface area contributed by atoms with Crippen LogP contribution >= 0.6 is 0 Å². The summed E-state index contributed by atoms with van der Waals surface area (Å²) < 4.78 is 23.1. The SMILES string of the molecule is C=C(OCC)c1ccnc(OC(N)=O)c1F. The second-order valence-corrected chi connectivity index (χ2v) is 2.75. The van der Waals surface area contributed by atoms with Gasteiger partial charge in [0.1, 0.15) is 5.76 Å². The molecular weight excluding hydrogens is 215 g/mol. The van der Waals surface area contributed by atoms with Crippen LogP contribution in [0, 0.1) is 5.82 Å². The number of pyridine rings is 1. The van der Waals surface area contributed by atoms with Crippen LogP contribution in [-0.4, -0.2) is 17.7 Å². The first-order valence-electron chi connectivity index (χ1n) is 4.50. The van der Waals surface area contributed by atoms with Gasteiger partial charge in [0.2, 0.25) is 0 Å². The van der Waals surface area contributed by atoms with Crippen molar-refractivity contribution >= 4 is 11.9 Å². The summed E-state index contributed by atoms with van der Waals surface area (Å²) in [6.07, 6.45) is 0.131. The van der Waals surface area contributed by atoms with Gasteiger partial charge in [-0.1, -0.05) is 6.58 Å². The predicted octanol–water partition coefficient (Wildman–Crippen LogP) is 1.69. The quantitative estimate of drug-likeness (QED) is 0.792. The van der Waals surface area contributed by atoms with Crippen LogP contribution in [0.1, 0.15) is 12.5 Å². The molecule has 16 heavy (non-hydrogen) atoms. The largest absolute Gasteiger partial charge is 0.494 e. The molecule has 0 atom stereocenters. The molecule has 0 bridgehead atoms. The average Bonchev–Trinajstić information content (AvgIpc) is 2.21. The van der Waals surface area contributed by atoms with Crippen molar-refractivity contribution < 1.29 is 18.7 Å². The second kappa shape index (κ2) is 5.11. The third-order valence-electron chi connectivity index (χ3n) is 1.67. The summed E-state index contributed by atoms with van der Waals surface area (Å²) >= 11 is 0. The lowest BCUT2D eigenvalue weighted by Gasteiger charge is -2.09. The van der Waals surface area contributed by atoms with Crippen LogP contribution in [0.2, 0.25) is 0 Å². The molecule has 1 heterocycles. The van der Waals surface area contributed by atoms with Gasteiger partial charge < -0.3 is 15.2 Å². The summed E-state index contributed by atoms with van der Waals surface area (Å²) in [5.41, 5.74) is 4.83. The van der Waals surface area contributed by atoms with Gasteiger partial charge in [0.15, 0.2) is 5.82 Å². The van der Waals surface area contributed by atoms with Crippen molar-refractivity contribution in [2.45, 2.75) is 6.92 Å². The molecule has 0 aliphatic carbocycles. The lowest BCUT2D eigenvalue weighted by atomic mass is 10.2. The van der Waals surface area contributed by atoms with E-state index in [1.165, 1.54) is 12.3 Å². The monoisotopic (exact) mass is 226 g/mol. The number of ether oxygens (including phenoxy) is 2. The van der Waals surface area contributed by atoms with E-state index in [0.29, 0.717) is 6.61 Å². The molecule has 1 amide bonds. The lowest BCUT2D eigenvalue weighted by molar-refractivity contribution is 0.206. The molecule has 1 aromatic rings. The maximum atomic E-state index is 13.7. The van der Waals surface area contributed by atoms with Crippen molar-refractivity contribution in [3.05, 3.63) is 30.2 Å². The number of carbonyl (C=O) groups excluding carboxylic acids is 1. The maximum Gasteiger partial charge on any atom is 0.411 e. The number of carbonyl (C=O) groups is 1. The Bertz CT molecular complexity index is 421. The second-order valence-electron chi connectivity index (χ2n) is 2.75. The Hall–Kier alpha value is -2.11. The number of rotatable bonds is 4. The Balaban J connectivity index is 3.03. The zero-order valence-corrected chi connectivity index (χ0v) is 8.70. The number of hydrogen-bond donors (Lipinski definition) is 1. The van der Waals surface area contributed by atoms with Gasteiger partial charge in [-0.2, -0.15) is 0 Å². The molecule has 86 valence electrons.